The number of carbonyl (C=O) groups is 1. The summed E-state index contributed by atoms with van der Waals surface area (Å²) >= 11 is 0. The smallest absolute Gasteiger partial charge is 0.293 e. The van der Waals surface area contributed by atoms with E-state index in [4.69, 9.17) is 5.21 Å². The second kappa shape index (κ2) is 5.85. The first kappa shape index (κ1) is 14.2. The first-order valence-corrected chi connectivity index (χ1v) is 6.20. The Morgan fingerprint density at radius 1 is 1.35 bits per heavy atom. The number of carbonyl (C=O) groups excluding carboxylic acids is 1. The highest BCUT2D eigenvalue weighted by atomic mass is 16.6. The number of nitrogens with one attached hydrogen (secondary N) is 1. The van der Waals surface area contributed by atoms with E-state index in [1.807, 2.05) is 11.9 Å². The van der Waals surface area contributed by atoms with E-state index >= 15 is 0 Å². The normalized spacial score (nSPS) is 16.0. The van der Waals surface area contributed by atoms with Crippen molar-refractivity contribution in [2.45, 2.75) is 0 Å². The second-order valence-corrected chi connectivity index (χ2v) is 4.66. The lowest BCUT2D eigenvalue weighted by molar-refractivity contribution is -0.384. The van der Waals surface area contributed by atoms with E-state index in [0.29, 0.717) is 13.1 Å². The molecule has 0 aliphatic carbocycles. The largest absolute Gasteiger partial charge is 0.363 e. The molecule has 0 spiro atoms. The Morgan fingerprint density at radius 3 is 2.55 bits per heavy atom. The number of nitro groups is 1. The molecule has 108 valence electrons. The molecule has 2 N–H and O–H groups in total. The van der Waals surface area contributed by atoms with Crippen molar-refractivity contribution in [1.82, 2.24) is 10.4 Å². The van der Waals surface area contributed by atoms with Crippen LogP contribution in [0.5, 0.6) is 0 Å². The molecule has 0 aromatic heterocycles. The summed E-state index contributed by atoms with van der Waals surface area (Å²) in [6.07, 6.45) is 0. The number of benzene rings is 1. The number of piperazine rings is 1. The quantitative estimate of drug-likeness (QED) is 0.474. The van der Waals surface area contributed by atoms with Crippen molar-refractivity contribution in [3.05, 3.63) is 33.9 Å². The summed E-state index contributed by atoms with van der Waals surface area (Å²) < 4.78 is 0. The lowest BCUT2D eigenvalue weighted by atomic mass is 10.1. The fourth-order valence-electron chi connectivity index (χ4n) is 2.28. The molecule has 0 radical (unpaired) electrons. The van der Waals surface area contributed by atoms with Crippen molar-refractivity contribution in [3.8, 4) is 0 Å². The minimum absolute atomic E-state index is 0.103. The molecule has 0 saturated carbocycles. The molecule has 20 heavy (non-hydrogen) atoms. The summed E-state index contributed by atoms with van der Waals surface area (Å²) in [4.78, 5) is 26.3. The topological polar surface area (TPSA) is 99.0 Å². The predicted molar refractivity (Wildman–Crippen MR) is 72.1 cm³/mol. The molecule has 1 aromatic rings. The van der Waals surface area contributed by atoms with Gasteiger partial charge in [0.15, 0.2) is 0 Å². The maximum absolute atomic E-state index is 11.7. The van der Waals surface area contributed by atoms with Crippen LogP contribution in [0.15, 0.2) is 18.2 Å². The summed E-state index contributed by atoms with van der Waals surface area (Å²) in [7, 11) is 1.97. The molecule has 0 bridgehead atoms. The van der Waals surface area contributed by atoms with Gasteiger partial charge in [0.1, 0.15) is 5.69 Å². The van der Waals surface area contributed by atoms with E-state index in [1.165, 1.54) is 23.7 Å². The zero-order valence-corrected chi connectivity index (χ0v) is 11.1. The van der Waals surface area contributed by atoms with Gasteiger partial charge in [-0.25, -0.2) is 5.48 Å². The van der Waals surface area contributed by atoms with Gasteiger partial charge < -0.3 is 9.80 Å². The number of para-hydroxylation sites is 1. The highest BCUT2D eigenvalue weighted by Gasteiger charge is 2.27. The van der Waals surface area contributed by atoms with E-state index in [2.05, 4.69) is 4.90 Å². The van der Waals surface area contributed by atoms with Crippen LogP contribution in [0, 0.1) is 10.1 Å². The fourth-order valence-corrected chi connectivity index (χ4v) is 2.28. The number of likely N-dealkylation sites (N-methyl/N-ethyl adjacent to an activating group) is 1. The van der Waals surface area contributed by atoms with Crippen molar-refractivity contribution in [3.63, 3.8) is 0 Å². The Hall–Kier alpha value is -2.19. The molecule has 1 aromatic carbocycles. The van der Waals surface area contributed by atoms with E-state index in [0.717, 1.165) is 13.1 Å². The van der Waals surface area contributed by atoms with Crippen LogP contribution >= 0.6 is 0 Å². The van der Waals surface area contributed by atoms with Gasteiger partial charge in [0, 0.05) is 32.2 Å². The second-order valence-electron chi connectivity index (χ2n) is 4.66. The maximum atomic E-state index is 11.7. The molecule has 8 heteroatoms. The predicted octanol–water partition coefficient (Wildman–Crippen LogP) is 0.466. The monoisotopic (exact) mass is 280 g/mol. The van der Waals surface area contributed by atoms with Crippen LogP contribution in [-0.2, 0) is 0 Å². The molecule has 8 nitrogen and oxygen atoms in total. The number of hydrogen-bond acceptors (Lipinski definition) is 6. The maximum Gasteiger partial charge on any atom is 0.293 e. The molecular formula is C12H16N4O4. The molecule has 1 saturated heterocycles. The summed E-state index contributed by atoms with van der Waals surface area (Å²) in [5.74, 6) is -0.748. The average Bonchev–Trinajstić information content (AvgIpc) is 2.46. The van der Waals surface area contributed by atoms with Gasteiger partial charge >= 0.3 is 0 Å². The fraction of sp³-hybridized carbons (Fsp3) is 0.417. The Bertz CT molecular complexity index is 526. The Labute approximate surface area is 115 Å². The van der Waals surface area contributed by atoms with Crippen LogP contribution in [-0.4, -0.2) is 54.2 Å². The van der Waals surface area contributed by atoms with Gasteiger partial charge in [-0.2, -0.15) is 0 Å². The molecule has 1 amide bonds. The van der Waals surface area contributed by atoms with Gasteiger partial charge in [-0.1, -0.05) is 6.07 Å². The van der Waals surface area contributed by atoms with Gasteiger partial charge in [0.05, 0.1) is 10.5 Å². The van der Waals surface area contributed by atoms with Gasteiger partial charge in [0.25, 0.3) is 11.6 Å². The Morgan fingerprint density at radius 2 is 2.00 bits per heavy atom. The third kappa shape index (κ3) is 2.70. The minimum atomic E-state index is -0.748. The van der Waals surface area contributed by atoms with Crippen molar-refractivity contribution in [2.24, 2.45) is 0 Å². The molecule has 1 aliphatic rings. The van der Waals surface area contributed by atoms with Crippen LogP contribution in [0.2, 0.25) is 0 Å². The summed E-state index contributed by atoms with van der Waals surface area (Å²) in [5, 5.41) is 20.0. The Balaban J connectivity index is 2.46. The van der Waals surface area contributed by atoms with E-state index in [1.54, 1.807) is 0 Å². The number of nitrogens with zero attached hydrogens (tertiary/aromatic N) is 3. The zero-order chi connectivity index (χ0) is 14.7. The summed E-state index contributed by atoms with van der Waals surface area (Å²) in [5.41, 5.74) is 1.77. The van der Waals surface area contributed by atoms with Crippen molar-refractivity contribution < 1.29 is 14.9 Å². The van der Waals surface area contributed by atoms with Gasteiger partial charge in [-0.15, -0.1) is 0 Å². The molecule has 1 aliphatic heterocycles. The number of hydroxylamine groups is 1. The molecule has 2 rings (SSSR count). The highest BCUT2D eigenvalue weighted by molar-refractivity contribution is 6.01. The third-order valence-corrected chi connectivity index (χ3v) is 3.38. The Kier molecular flexibility index (Phi) is 4.16. The van der Waals surface area contributed by atoms with Gasteiger partial charge in [-0.05, 0) is 13.1 Å². The number of hydrogen-bond donors (Lipinski definition) is 2. The van der Waals surface area contributed by atoms with Crippen LogP contribution in [0.3, 0.4) is 0 Å². The van der Waals surface area contributed by atoms with Crippen LogP contribution in [0.4, 0.5) is 11.4 Å². The summed E-state index contributed by atoms with van der Waals surface area (Å²) in [6.45, 7) is 2.69. The first-order chi connectivity index (χ1) is 9.54. The first-order valence-electron chi connectivity index (χ1n) is 6.20. The molecule has 0 unspecified atom stereocenters. The minimum Gasteiger partial charge on any atom is -0.363 e. The lowest BCUT2D eigenvalue weighted by Gasteiger charge is -2.34. The zero-order valence-electron chi connectivity index (χ0n) is 11.1. The van der Waals surface area contributed by atoms with E-state index < -0.39 is 10.8 Å². The van der Waals surface area contributed by atoms with E-state index in [9.17, 15) is 14.9 Å². The van der Waals surface area contributed by atoms with Gasteiger partial charge in [0.2, 0.25) is 0 Å². The summed E-state index contributed by atoms with van der Waals surface area (Å²) in [6, 6.07) is 4.26. The number of anilines is 1. The standard InChI is InChI=1S/C12H16N4O4/c1-14-5-7-15(8-6-14)11-9(12(17)13-18)3-2-4-10(11)16(19)20/h2-4,18H,5-8H2,1H3,(H,13,17). The van der Waals surface area contributed by atoms with Crippen molar-refractivity contribution in [2.75, 3.05) is 38.1 Å². The lowest BCUT2D eigenvalue weighted by Crippen LogP contribution is -2.45. The molecular weight excluding hydrogens is 264 g/mol. The van der Waals surface area contributed by atoms with Crippen LogP contribution in [0.1, 0.15) is 10.4 Å². The number of rotatable bonds is 3. The number of nitro benzene ring substituents is 1. The van der Waals surface area contributed by atoms with Gasteiger partial charge in [-0.3, -0.25) is 20.1 Å². The highest BCUT2D eigenvalue weighted by Crippen LogP contribution is 2.32. The average molecular weight is 280 g/mol. The van der Waals surface area contributed by atoms with Crippen LogP contribution in [0.25, 0.3) is 0 Å². The number of amides is 1. The molecule has 0 atom stereocenters. The van der Waals surface area contributed by atoms with Crippen molar-refractivity contribution >= 4 is 17.3 Å². The third-order valence-electron chi connectivity index (χ3n) is 3.38. The molecule has 1 fully saturated rings. The SMILES string of the molecule is CN1CCN(c2c(C(=O)NO)cccc2[N+](=O)[O-])CC1. The molecule has 1 heterocycles. The van der Waals surface area contributed by atoms with Crippen LogP contribution < -0.4 is 10.4 Å². The van der Waals surface area contributed by atoms with Crippen molar-refractivity contribution in [1.29, 1.82) is 0 Å². The van der Waals surface area contributed by atoms with E-state index in [-0.39, 0.29) is 16.9 Å².